The normalized spacial score (nSPS) is 11.0. The minimum atomic E-state index is -3.84. The van der Waals surface area contributed by atoms with Gasteiger partial charge in [0, 0.05) is 6.07 Å². The van der Waals surface area contributed by atoms with Crippen molar-refractivity contribution in [3.8, 4) is 17.6 Å². The third-order valence-corrected chi connectivity index (χ3v) is 4.53. The summed E-state index contributed by atoms with van der Waals surface area (Å²) in [4.78, 5) is 0.0599. The van der Waals surface area contributed by atoms with Gasteiger partial charge in [-0.15, -0.1) is 0 Å². The van der Waals surface area contributed by atoms with Gasteiger partial charge in [0.2, 0.25) is 0 Å². The van der Waals surface area contributed by atoms with E-state index >= 15 is 0 Å². The Kier molecular flexibility index (Phi) is 5.88. The molecule has 7 heteroatoms. The second-order valence-corrected chi connectivity index (χ2v) is 7.35. The van der Waals surface area contributed by atoms with E-state index in [1.54, 1.807) is 30.3 Å². The van der Waals surface area contributed by atoms with E-state index in [4.69, 9.17) is 14.7 Å². The predicted octanol–water partition coefficient (Wildman–Crippen LogP) is 3.49. The fraction of sp³-hybridized carbons (Fsp3) is 0.278. The van der Waals surface area contributed by atoms with Crippen LogP contribution >= 0.6 is 0 Å². The number of hydrogen-bond donors (Lipinski definition) is 1. The van der Waals surface area contributed by atoms with Gasteiger partial charge < -0.3 is 9.47 Å². The number of nitriles is 1. The minimum absolute atomic E-state index is 0.0599. The molecule has 0 saturated heterocycles. The summed E-state index contributed by atoms with van der Waals surface area (Å²) in [5, 5.41) is 8.60. The Hall–Kier alpha value is -2.72. The number of sulfonamides is 1. The summed E-state index contributed by atoms with van der Waals surface area (Å²) >= 11 is 0. The molecule has 0 bridgehead atoms. The van der Waals surface area contributed by atoms with Gasteiger partial charge in [-0.3, -0.25) is 4.72 Å². The van der Waals surface area contributed by atoms with Gasteiger partial charge >= 0.3 is 0 Å². The topological polar surface area (TPSA) is 88.4 Å². The van der Waals surface area contributed by atoms with Crippen LogP contribution in [-0.4, -0.2) is 21.1 Å². The van der Waals surface area contributed by atoms with Gasteiger partial charge in [-0.2, -0.15) is 5.26 Å². The molecule has 0 aliphatic rings. The summed E-state index contributed by atoms with van der Waals surface area (Å²) in [6.07, 6.45) is -0.152. The number of benzene rings is 2. The van der Waals surface area contributed by atoms with Crippen LogP contribution in [0.2, 0.25) is 0 Å². The van der Waals surface area contributed by atoms with Crippen LogP contribution in [0, 0.1) is 18.3 Å². The lowest BCUT2D eigenvalue weighted by atomic mass is 10.2. The van der Waals surface area contributed by atoms with Crippen molar-refractivity contribution in [1.82, 2.24) is 0 Å². The van der Waals surface area contributed by atoms with E-state index in [2.05, 4.69) is 4.72 Å². The molecule has 25 heavy (non-hydrogen) atoms. The van der Waals surface area contributed by atoms with E-state index in [1.165, 1.54) is 12.1 Å². The van der Waals surface area contributed by atoms with Crippen LogP contribution in [-0.2, 0) is 10.0 Å². The van der Waals surface area contributed by atoms with Crippen molar-refractivity contribution in [3.63, 3.8) is 0 Å². The molecule has 132 valence electrons. The van der Waals surface area contributed by atoms with Crippen LogP contribution in [0.15, 0.2) is 47.4 Å². The fourth-order valence-electron chi connectivity index (χ4n) is 2.24. The molecular formula is C18H20N2O4S. The number of aryl methyl sites for hydroxylation is 1. The summed E-state index contributed by atoms with van der Waals surface area (Å²) in [7, 11) is -3.84. The third kappa shape index (κ3) is 5.13. The molecule has 0 spiro atoms. The lowest BCUT2D eigenvalue weighted by molar-refractivity contribution is 0.236. The monoisotopic (exact) mass is 360 g/mol. The zero-order valence-electron chi connectivity index (χ0n) is 14.3. The second kappa shape index (κ2) is 7.90. The van der Waals surface area contributed by atoms with Crippen LogP contribution in [0.25, 0.3) is 0 Å². The van der Waals surface area contributed by atoms with Crippen molar-refractivity contribution >= 4 is 15.7 Å². The molecule has 0 amide bonds. The van der Waals surface area contributed by atoms with Crippen molar-refractivity contribution in [2.24, 2.45) is 0 Å². The standard InChI is InChI=1S/C18H20N2O4S/c1-13(2)24-17-6-4-5-7-18(17)25(21,22)20-15-10-14(3)11-16(12-15)23-9-8-19/h4-7,10-13,20H,9H2,1-3H3. The molecule has 0 aliphatic heterocycles. The Morgan fingerprint density at radius 1 is 1.20 bits per heavy atom. The van der Waals surface area contributed by atoms with Crippen molar-refractivity contribution in [3.05, 3.63) is 48.0 Å². The van der Waals surface area contributed by atoms with E-state index in [0.717, 1.165) is 5.56 Å². The van der Waals surface area contributed by atoms with Crippen molar-refractivity contribution < 1.29 is 17.9 Å². The maximum atomic E-state index is 12.8. The highest BCUT2D eigenvalue weighted by Crippen LogP contribution is 2.28. The first-order chi connectivity index (χ1) is 11.8. The fourth-order valence-corrected chi connectivity index (χ4v) is 3.42. The highest BCUT2D eigenvalue weighted by molar-refractivity contribution is 7.92. The Bertz CT molecular complexity index is 886. The minimum Gasteiger partial charge on any atom is -0.490 e. The summed E-state index contributed by atoms with van der Waals surface area (Å²) in [6, 6.07) is 13.3. The maximum absolute atomic E-state index is 12.8. The molecule has 0 atom stereocenters. The molecule has 0 aromatic heterocycles. The third-order valence-electron chi connectivity index (χ3n) is 3.11. The average Bonchev–Trinajstić information content (AvgIpc) is 2.51. The van der Waals surface area contributed by atoms with Crippen molar-refractivity contribution in [2.45, 2.75) is 31.8 Å². The summed E-state index contributed by atoms with van der Waals surface area (Å²) in [5.74, 6) is 0.713. The van der Waals surface area contributed by atoms with E-state index in [1.807, 2.05) is 26.8 Å². The first-order valence-electron chi connectivity index (χ1n) is 7.72. The van der Waals surface area contributed by atoms with Crippen LogP contribution in [0.5, 0.6) is 11.5 Å². The quantitative estimate of drug-likeness (QED) is 0.816. The Morgan fingerprint density at radius 3 is 2.60 bits per heavy atom. The molecule has 0 heterocycles. The molecule has 1 N–H and O–H groups in total. The van der Waals surface area contributed by atoms with Gasteiger partial charge in [0.15, 0.2) is 6.61 Å². The van der Waals surface area contributed by atoms with Crippen LogP contribution < -0.4 is 14.2 Å². The number of para-hydroxylation sites is 1. The van der Waals surface area contributed by atoms with Crippen LogP contribution in [0.1, 0.15) is 19.4 Å². The van der Waals surface area contributed by atoms with Gasteiger partial charge in [0.05, 0.1) is 11.8 Å². The summed E-state index contributed by atoms with van der Waals surface area (Å²) in [6.45, 7) is 5.36. The van der Waals surface area contributed by atoms with Gasteiger partial charge in [-0.1, -0.05) is 12.1 Å². The Labute approximate surface area is 148 Å². The number of rotatable bonds is 7. The predicted molar refractivity (Wildman–Crippen MR) is 95.3 cm³/mol. The van der Waals surface area contributed by atoms with Crippen molar-refractivity contribution in [2.75, 3.05) is 11.3 Å². The lowest BCUT2D eigenvalue weighted by Crippen LogP contribution is -2.16. The molecule has 0 aliphatic carbocycles. The van der Waals surface area contributed by atoms with E-state index in [9.17, 15) is 8.42 Å². The van der Waals surface area contributed by atoms with E-state index in [-0.39, 0.29) is 17.6 Å². The van der Waals surface area contributed by atoms with E-state index in [0.29, 0.717) is 17.2 Å². The molecule has 2 rings (SSSR count). The Morgan fingerprint density at radius 2 is 1.92 bits per heavy atom. The number of hydrogen-bond acceptors (Lipinski definition) is 5. The van der Waals surface area contributed by atoms with Gasteiger partial charge in [0.1, 0.15) is 22.5 Å². The van der Waals surface area contributed by atoms with Crippen LogP contribution in [0.4, 0.5) is 5.69 Å². The zero-order chi connectivity index (χ0) is 18.4. The highest BCUT2D eigenvalue weighted by atomic mass is 32.2. The average molecular weight is 360 g/mol. The maximum Gasteiger partial charge on any atom is 0.265 e. The molecule has 2 aromatic carbocycles. The molecule has 6 nitrogen and oxygen atoms in total. The first kappa shape index (κ1) is 18.6. The number of nitrogens with zero attached hydrogens (tertiary/aromatic N) is 1. The number of ether oxygens (including phenoxy) is 2. The Balaban J connectivity index is 2.34. The molecule has 0 saturated carbocycles. The van der Waals surface area contributed by atoms with Gasteiger partial charge in [-0.05, 0) is 50.6 Å². The summed E-state index contributed by atoms with van der Waals surface area (Å²) in [5.41, 5.74) is 1.16. The smallest absolute Gasteiger partial charge is 0.265 e. The van der Waals surface area contributed by atoms with Crippen LogP contribution in [0.3, 0.4) is 0 Å². The first-order valence-corrected chi connectivity index (χ1v) is 9.20. The number of nitrogens with one attached hydrogen (secondary N) is 1. The van der Waals surface area contributed by atoms with Gasteiger partial charge in [0.25, 0.3) is 10.0 Å². The molecule has 2 aromatic rings. The molecule has 0 radical (unpaired) electrons. The van der Waals surface area contributed by atoms with Crippen molar-refractivity contribution in [1.29, 1.82) is 5.26 Å². The molecular weight excluding hydrogens is 340 g/mol. The van der Waals surface area contributed by atoms with Gasteiger partial charge in [-0.25, -0.2) is 8.42 Å². The second-order valence-electron chi connectivity index (χ2n) is 5.70. The summed E-state index contributed by atoms with van der Waals surface area (Å²) < 4.78 is 38.9. The largest absolute Gasteiger partial charge is 0.490 e. The SMILES string of the molecule is Cc1cc(NS(=O)(=O)c2ccccc2OC(C)C)cc(OCC#N)c1. The molecule has 0 unspecified atom stereocenters. The lowest BCUT2D eigenvalue weighted by Gasteiger charge is -2.16. The molecule has 0 fully saturated rings. The van der Waals surface area contributed by atoms with E-state index < -0.39 is 10.0 Å². The highest BCUT2D eigenvalue weighted by Gasteiger charge is 2.20. The number of anilines is 1. The zero-order valence-corrected chi connectivity index (χ0v) is 15.1.